The van der Waals surface area contributed by atoms with Gasteiger partial charge in [0.2, 0.25) is 0 Å². The largest absolute Gasteiger partial charge is 0.461 e. The molecule has 0 saturated heterocycles. The minimum Gasteiger partial charge on any atom is -0.461 e. The Morgan fingerprint density at radius 2 is 1.82 bits per heavy atom. The average Bonchev–Trinajstić information content (AvgIpc) is 3.11. The fourth-order valence-electron chi connectivity index (χ4n) is 4.30. The zero-order valence-corrected chi connectivity index (χ0v) is 16.4. The Morgan fingerprint density at radius 3 is 2.50 bits per heavy atom. The van der Waals surface area contributed by atoms with E-state index >= 15 is 0 Å². The third-order valence-electron chi connectivity index (χ3n) is 5.96. The van der Waals surface area contributed by atoms with Gasteiger partial charge in [-0.2, -0.15) is 0 Å². The van der Waals surface area contributed by atoms with Crippen molar-refractivity contribution in [3.8, 4) is 0 Å². The molecule has 1 aromatic rings. The van der Waals surface area contributed by atoms with Crippen LogP contribution in [0.1, 0.15) is 63.4 Å². The van der Waals surface area contributed by atoms with Gasteiger partial charge in [0, 0.05) is 6.54 Å². The summed E-state index contributed by atoms with van der Waals surface area (Å²) in [5.41, 5.74) is 0.685. The lowest BCUT2D eigenvalue weighted by Crippen LogP contribution is -2.42. The summed E-state index contributed by atoms with van der Waals surface area (Å²) >= 11 is 0. The van der Waals surface area contributed by atoms with E-state index < -0.39 is 18.3 Å². The number of rotatable bonds is 7. The van der Waals surface area contributed by atoms with Crippen LogP contribution in [-0.4, -0.2) is 35.9 Å². The molecule has 3 rings (SSSR count). The lowest BCUT2D eigenvalue weighted by Gasteiger charge is -2.36. The number of esters is 1. The van der Waals surface area contributed by atoms with Crippen molar-refractivity contribution < 1.29 is 24.2 Å². The van der Waals surface area contributed by atoms with Gasteiger partial charge in [-0.05, 0) is 43.1 Å². The second kappa shape index (κ2) is 9.92. The third kappa shape index (κ3) is 5.96. The quantitative estimate of drug-likeness (QED) is 0.695. The van der Waals surface area contributed by atoms with Crippen LogP contribution in [0, 0.1) is 5.41 Å². The maximum Gasteiger partial charge on any atom is 0.407 e. The molecule has 0 heterocycles. The molecule has 1 aromatic carbocycles. The zero-order valence-electron chi connectivity index (χ0n) is 16.4. The molecule has 0 aromatic heterocycles. The molecule has 2 N–H and O–H groups in total. The maximum atomic E-state index is 12.5. The Balaban J connectivity index is 1.49. The van der Waals surface area contributed by atoms with Crippen molar-refractivity contribution in [2.24, 2.45) is 5.41 Å². The van der Waals surface area contributed by atoms with Crippen molar-refractivity contribution in [1.29, 1.82) is 0 Å². The highest BCUT2D eigenvalue weighted by atomic mass is 16.6. The van der Waals surface area contributed by atoms with Crippen molar-refractivity contribution in [1.82, 2.24) is 5.32 Å². The number of carbonyl (C=O) groups is 2. The summed E-state index contributed by atoms with van der Waals surface area (Å²) in [5, 5.41) is 12.7. The van der Waals surface area contributed by atoms with Gasteiger partial charge < -0.3 is 19.9 Å². The summed E-state index contributed by atoms with van der Waals surface area (Å²) in [4.78, 5) is 24.6. The van der Waals surface area contributed by atoms with E-state index in [1.165, 1.54) is 0 Å². The summed E-state index contributed by atoms with van der Waals surface area (Å²) in [6.07, 6.45) is 6.07. The van der Waals surface area contributed by atoms with Gasteiger partial charge in [0.05, 0.1) is 12.5 Å². The van der Waals surface area contributed by atoms with E-state index in [2.05, 4.69) is 5.32 Å². The number of aliphatic hydroxyl groups is 1. The summed E-state index contributed by atoms with van der Waals surface area (Å²) < 4.78 is 10.8. The molecule has 28 heavy (non-hydrogen) atoms. The highest BCUT2D eigenvalue weighted by Crippen LogP contribution is 2.39. The summed E-state index contributed by atoms with van der Waals surface area (Å²) in [5.74, 6) is -0.230. The molecule has 2 aliphatic rings. The first kappa shape index (κ1) is 20.6. The molecule has 0 unspecified atom stereocenters. The van der Waals surface area contributed by atoms with Crippen molar-refractivity contribution in [3.63, 3.8) is 0 Å². The molecular weight excluding hydrogens is 358 g/mol. The normalized spacial score (nSPS) is 23.8. The molecule has 154 valence electrons. The number of nitrogens with one attached hydrogen (secondary N) is 1. The van der Waals surface area contributed by atoms with Gasteiger partial charge in [0.15, 0.2) is 0 Å². The van der Waals surface area contributed by atoms with E-state index in [9.17, 15) is 14.7 Å². The smallest absolute Gasteiger partial charge is 0.407 e. The van der Waals surface area contributed by atoms with Crippen molar-refractivity contribution in [3.05, 3.63) is 35.9 Å². The van der Waals surface area contributed by atoms with Crippen LogP contribution in [0.15, 0.2) is 30.3 Å². The molecule has 6 heteroatoms. The fourth-order valence-corrected chi connectivity index (χ4v) is 4.30. The molecule has 2 atom stereocenters. The van der Waals surface area contributed by atoms with Gasteiger partial charge in [0.25, 0.3) is 0 Å². The molecule has 2 saturated carbocycles. The maximum absolute atomic E-state index is 12.5. The van der Waals surface area contributed by atoms with Gasteiger partial charge in [0.1, 0.15) is 12.7 Å². The first-order valence-electron chi connectivity index (χ1n) is 10.4. The molecule has 0 radical (unpaired) electrons. The predicted octanol–water partition coefficient (Wildman–Crippen LogP) is 3.71. The van der Waals surface area contributed by atoms with Crippen LogP contribution in [-0.2, 0) is 20.9 Å². The van der Waals surface area contributed by atoms with E-state index in [1.807, 2.05) is 30.3 Å². The van der Waals surface area contributed by atoms with Gasteiger partial charge in [-0.25, -0.2) is 4.79 Å². The van der Waals surface area contributed by atoms with Crippen LogP contribution in [0.25, 0.3) is 0 Å². The first-order chi connectivity index (χ1) is 13.6. The Hall–Kier alpha value is -2.08. The number of ether oxygens (including phenoxy) is 2. The van der Waals surface area contributed by atoms with E-state index in [0.29, 0.717) is 25.8 Å². The number of hydrogen-bond acceptors (Lipinski definition) is 5. The highest BCUT2D eigenvalue weighted by molar-refractivity contribution is 5.71. The monoisotopic (exact) mass is 389 g/mol. The van der Waals surface area contributed by atoms with E-state index in [-0.39, 0.29) is 18.0 Å². The van der Waals surface area contributed by atoms with Gasteiger partial charge >= 0.3 is 12.1 Å². The molecule has 2 fully saturated rings. The van der Waals surface area contributed by atoms with E-state index in [1.54, 1.807) is 0 Å². The van der Waals surface area contributed by atoms with Gasteiger partial charge in [-0.3, -0.25) is 4.79 Å². The number of aliphatic hydroxyl groups excluding tert-OH is 1. The van der Waals surface area contributed by atoms with Crippen LogP contribution in [0.3, 0.4) is 0 Å². The minimum atomic E-state index is -0.567. The Morgan fingerprint density at radius 1 is 1.07 bits per heavy atom. The number of carbonyl (C=O) groups excluding carboxylic acids is 2. The Kier molecular flexibility index (Phi) is 7.31. The molecule has 0 spiro atoms. The lowest BCUT2D eigenvalue weighted by molar-refractivity contribution is -0.148. The number of hydrogen-bond donors (Lipinski definition) is 2. The number of amides is 1. The minimum absolute atomic E-state index is 0.230. The number of benzene rings is 1. The van der Waals surface area contributed by atoms with Gasteiger partial charge in [-0.1, -0.05) is 49.6 Å². The van der Waals surface area contributed by atoms with Crippen LogP contribution in [0.4, 0.5) is 4.79 Å². The molecular formula is C22H31NO5. The van der Waals surface area contributed by atoms with Crippen molar-refractivity contribution in [2.45, 2.75) is 76.6 Å². The van der Waals surface area contributed by atoms with Crippen LogP contribution in [0.2, 0.25) is 0 Å². The SMILES string of the molecule is O=C(CC1(CNC(=O)O[C@@H]2CCC[C@H]2O)CCCCC1)OCc1ccccc1. The van der Waals surface area contributed by atoms with E-state index in [0.717, 1.165) is 44.1 Å². The Bertz CT molecular complexity index is 642. The van der Waals surface area contributed by atoms with Crippen molar-refractivity contribution >= 4 is 12.1 Å². The molecule has 1 amide bonds. The summed E-state index contributed by atoms with van der Waals surface area (Å²) in [6, 6.07) is 9.63. The average molecular weight is 389 g/mol. The third-order valence-corrected chi connectivity index (χ3v) is 5.96. The highest BCUT2D eigenvalue weighted by Gasteiger charge is 2.36. The predicted molar refractivity (Wildman–Crippen MR) is 105 cm³/mol. The molecule has 2 aliphatic carbocycles. The lowest BCUT2D eigenvalue weighted by atomic mass is 9.71. The summed E-state index contributed by atoms with van der Waals surface area (Å²) in [7, 11) is 0. The topological polar surface area (TPSA) is 84.9 Å². The van der Waals surface area contributed by atoms with Crippen LogP contribution >= 0.6 is 0 Å². The molecule has 6 nitrogen and oxygen atoms in total. The standard InChI is InChI=1S/C22H31NO5/c24-18-10-7-11-19(18)28-21(26)23-16-22(12-5-2-6-13-22)14-20(25)27-15-17-8-3-1-4-9-17/h1,3-4,8-9,18-19,24H,2,5-7,10-16H2,(H,23,26)/t18-,19-/m1/s1. The molecule has 0 aliphatic heterocycles. The zero-order chi connectivity index (χ0) is 19.8. The van der Waals surface area contributed by atoms with Crippen molar-refractivity contribution in [2.75, 3.05) is 6.54 Å². The van der Waals surface area contributed by atoms with E-state index in [4.69, 9.17) is 9.47 Å². The fraction of sp³-hybridized carbons (Fsp3) is 0.636. The van der Waals surface area contributed by atoms with Gasteiger partial charge in [-0.15, -0.1) is 0 Å². The second-order valence-electron chi connectivity index (χ2n) is 8.18. The Labute approximate surface area is 166 Å². The number of alkyl carbamates (subject to hydrolysis) is 1. The molecule has 0 bridgehead atoms. The van der Waals surface area contributed by atoms with Crippen LogP contribution < -0.4 is 5.32 Å². The van der Waals surface area contributed by atoms with Crippen LogP contribution in [0.5, 0.6) is 0 Å². The summed E-state index contributed by atoms with van der Waals surface area (Å²) in [6.45, 7) is 0.667. The second-order valence-corrected chi connectivity index (χ2v) is 8.18. The first-order valence-corrected chi connectivity index (χ1v) is 10.4.